The molecule has 4 rings (SSSR count). The third kappa shape index (κ3) is 5.19. The number of rotatable bonds is 5. The van der Waals surface area contributed by atoms with E-state index in [9.17, 15) is 13.6 Å². The third-order valence-electron chi connectivity index (χ3n) is 4.97. The molecule has 166 valence electrons. The molecule has 5 nitrogen and oxygen atoms in total. The Labute approximate surface area is 193 Å². The number of hydrogen-bond donors (Lipinski definition) is 0. The minimum atomic E-state index is -0.730. The van der Waals surface area contributed by atoms with Crippen molar-refractivity contribution in [3.8, 4) is 11.3 Å². The summed E-state index contributed by atoms with van der Waals surface area (Å²) in [5.74, 6) is -0.105. The first kappa shape index (κ1) is 22.5. The lowest BCUT2D eigenvalue weighted by Crippen LogP contribution is -2.39. The molecule has 0 unspecified atom stereocenters. The molecule has 1 aromatic heterocycles. The van der Waals surface area contributed by atoms with E-state index in [0.29, 0.717) is 28.3 Å². The zero-order valence-electron chi connectivity index (χ0n) is 17.3. The summed E-state index contributed by atoms with van der Waals surface area (Å²) < 4.78 is 32.7. The number of halogens is 3. The lowest BCUT2D eigenvalue weighted by molar-refractivity contribution is -0.127. The number of amidine groups is 1. The lowest BCUT2D eigenvalue weighted by Gasteiger charge is -2.27. The van der Waals surface area contributed by atoms with Gasteiger partial charge in [-0.1, -0.05) is 29.4 Å². The van der Waals surface area contributed by atoms with Gasteiger partial charge in [0, 0.05) is 36.2 Å². The summed E-state index contributed by atoms with van der Waals surface area (Å²) in [5.41, 5.74) is 1.78. The zero-order chi connectivity index (χ0) is 22.7. The van der Waals surface area contributed by atoms with Gasteiger partial charge in [-0.05, 0) is 43.2 Å². The molecule has 1 aliphatic heterocycles. The molecule has 1 amide bonds. The van der Waals surface area contributed by atoms with Crippen molar-refractivity contribution in [2.24, 2.45) is 4.99 Å². The molecule has 3 aromatic rings. The van der Waals surface area contributed by atoms with Gasteiger partial charge in [0.15, 0.2) is 16.8 Å². The van der Waals surface area contributed by atoms with Gasteiger partial charge in [-0.3, -0.25) is 9.69 Å². The largest absolute Gasteiger partial charge is 0.441 e. The van der Waals surface area contributed by atoms with E-state index >= 15 is 0 Å². The van der Waals surface area contributed by atoms with Crippen LogP contribution < -0.4 is 0 Å². The van der Waals surface area contributed by atoms with E-state index in [1.54, 1.807) is 11.0 Å². The number of hydrogen-bond acceptors (Lipinski definition) is 5. The molecule has 2 aromatic carbocycles. The maximum Gasteiger partial charge on any atom is 0.229 e. The fourth-order valence-electron chi connectivity index (χ4n) is 3.23. The molecule has 0 bridgehead atoms. The van der Waals surface area contributed by atoms with Crippen molar-refractivity contribution < 1.29 is 18.0 Å². The number of benzene rings is 2. The number of aromatic nitrogens is 1. The van der Waals surface area contributed by atoms with Crippen LogP contribution in [0, 0.1) is 18.6 Å². The van der Waals surface area contributed by atoms with E-state index in [2.05, 4.69) is 9.98 Å². The molecule has 0 N–H and O–H groups in total. The summed E-state index contributed by atoms with van der Waals surface area (Å²) in [6.45, 7) is 2.50. The molecule has 9 heteroatoms. The zero-order valence-corrected chi connectivity index (χ0v) is 18.8. The van der Waals surface area contributed by atoms with Crippen LogP contribution in [0.25, 0.3) is 11.3 Å². The van der Waals surface area contributed by atoms with Crippen molar-refractivity contribution in [3.05, 3.63) is 70.7 Å². The molecule has 2 heterocycles. The Kier molecular flexibility index (Phi) is 6.91. The van der Waals surface area contributed by atoms with Gasteiger partial charge in [0.1, 0.15) is 11.6 Å². The number of carbonyl (C=O) groups is 1. The van der Waals surface area contributed by atoms with Crippen LogP contribution in [0.5, 0.6) is 0 Å². The quantitative estimate of drug-likeness (QED) is 0.443. The molecule has 1 fully saturated rings. The van der Waals surface area contributed by atoms with Crippen LogP contribution in [0.15, 0.2) is 52.0 Å². The predicted molar refractivity (Wildman–Crippen MR) is 122 cm³/mol. The van der Waals surface area contributed by atoms with Crippen molar-refractivity contribution >= 4 is 40.1 Å². The molecule has 0 aliphatic carbocycles. The van der Waals surface area contributed by atoms with Gasteiger partial charge in [-0.2, -0.15) is 0 Å². The third-order valence-corrected chi connectivity index (χ3v) is 6.44. The van der Waals surface area contributed by atoms with Crippen LogP contribution in [-0.4, -0.2) is 33.3 Å². The summed E-state index contributed by atoms with van der Waals surface area (Å²) in [7, 11) is 0. The predicted octanol–water partition coefficient (Wildman–Crippen LogP) is 6.17. The van der Waals surface area contributed by atoms with Crippen molar-refractivity contribution in [2.45, 2.75) is 26.2 Å². The van der Waals surface area contributed by atoms with Crippen LogP contribution >= 0.6 is 23.4 Å². The highest BCUT2D eigenvalue weighted by Crippen LogP contribution is 2.27. The van der Waals surface area contributed by atoms with Crippen LogP contribution in [0.3, 0.4) is 0 Å². The smallest absolute Gasteiger partial charge is 0.229 e. The van der Waals surface area contributed by atoms with Gasteiger partial charge < -0.3 is 4.42 Å². The second-order valence-corrected chi connectivity index (χ2v) is 8.79. The maximum atomic E-state index is 14.0. The van der Waals surface area contributed by atoms with Crippen LogP contribution in [0.1, 0.15) is 24.3 Å². The number of oxazole rings is 1. The van der Waals surface area contributed by atoms with Crippen LogP contribution in [-0.2, 0) is 11.2 Å². The first-order valence-corrected chi connectivity index (χ1v) is 11.4. The molecule has 32 heavy (non-hydrogen) atoms. The average molecular weight is 476 g/mol. The highest BCUT2D eigenvalue weighted by molar-refractivity contribution is 8.13. The fourth-order valence-corrected chi connectivity index (χ4v) is 4.38. The summed E-state index contributed by atoms with van der Waals surface area (Å²) in [6, 6.07) is 8.79. The van der Waals surface area contributed by atoms with E-state index in [1.165, 1.54) is 24.0 Å². The number of aliphatic imine (C=N–C) groups is 1. The van der Waals surface area contributed by atoms with Gasteiger partial charge >= 0.3 is 0 Å². The molecule has 0 radical (unpaired) electrons. The lowest BCUT2D eigenvalue weighted by atomic mass is 10.2. The van der Waals surface area contributed by atoms with E-state index in [-0.39, 0.29) is 30.1 Å². The Morgan fingerprint density at radius 3 is 2.91 bits per heavy atom. The number of nitrogens with zero attached hydrogens (tertiary/aromatic N) is 3. The second kappa shape index (κ2) is 9.83. The number of amides is 1. The highest BCUT2D eigenvalue weighted by atomic mass is 35.5. The Bertz CT molecular complexity index is 1180. The molecule has 0 saturated carbocycles. The van der Waals surface area contributed by atoms with Crippen molar-refractivity contribution in [3.63, 3.8) is 0 Å². The second-order valence-electron chi connectivity index (χ2n) is 7.32. The number of carbonyl (C=O) groups excluding carboxylic acids is 1. The number of aryl methyl sites for hydroxylation is 2. The van der Waals surface area contributed by atoms with E-state index in [1.807, 2.05) is 19.1 Å². The van der Waals surface area contributed by atoms with Gasteiger partial charge in [0.05, 0.1) is 17.4 Å². The van der Waals surface area contributed by atoms with Gasteiger partial charge in [0.2, 0.25) is 5.91 Å². The number of thioether (sulfide) groups is 1. The van der Waals surface area contributed by atoms with Crippen molar-refractivity contribution in [1.82, 2.24) is 9.88 Å². The first-order chi connectivity index (χ1) is 15.4. The minimum Gasteiger partial charge on any atom is -0.441 e. The topological polar surface area (TPSA) is 58.7 Å². The summed E-state index contributed by atoms with van der Waals surface area (Å²) in [6.07, 6.45) is 2.67. The summed E-state index contributed by atoms with van der Waals surface area (Å²) in [5, 5.41) is 1.27. The Morgan fingerprint density at radius 1 is 1.28 bits per heavy atom. The minimum absolute atomic E-state index is 0.0955. The highest BCUT2D eigenvalue weighted by Gasteiger charge is 2.24. The van der Waals surface area contributed by atoms with E-state index in [0.717, 1.165) is 29.9 Å². The fraction of sp³-hybridized carbons (Fsp3) is 0.261. The van der Waals surface area contributed by atoms with Gasteiger partial charge in [0.25, 0.3) is 0 Å². The monoisotopic (exact) mass is 475 g/mol. The standard InChI is InChI=1S/C23H20ClF2N3O2S/c1-14-3-5-16(12-18(14)24)28-23-29(9-2-10-32-23)22(30)8-7-21-27-13-20(31-21)17-6-4-15(25)11-19(17)26/h3-6,11-13H,2,7-10H2,1H3. The molecule has 0 spiro atoms. The van der Waals surface area contributed by atoms with E-state index < -0.39 is 11.6 Å². The summed E-state index contributed by atoms with van der Waals surface area (Å²) >= 11 is 7.73. The molecular weight excluding hydrogens is 456 g/mol. The van der Waals surface area contributed by atoms with Gasteiger partial charge in [-0.15, -0.1) is 0 Å². The van der Waals surface area contributed by atoms with Crippen molar-refractivity contribution in [2.75, 3.05) is 12.3 Å². The SMILES string of the molecule is Cc1ccc(N=C2SCCCN2C(=O)CCc2ncc(-c3ccc(F)cc3F)o2)cc1Cl. The van der Waals surface area contributed by atoms with Gasteiger partial charge in [-0.25, -0.2) is 18.8 Å². The van der Waals surface area contributed by atoms with Crippen molar-refractivity contribution in [1.29, 1.82) is 0 Å². The summed E-state index contributed by atoms with van der Waals surface area (Å²) in [4.78, 5) is 23.3. The Morgan fingerprint density at radius 2 is 2.12 bits per heavy atom. The van der Waals surface area contributed by atoms with Crippen LogP contribution in [0.4, 0.5) is 14.5 Å². The average Bonchev–Trinajstić information content (AvgIpc) is 3.24. The molecule has 1 saturated heterocycles. The molecular formula is C23H20ClF2N3O2S. The molecule has 1 aliphatic rings. The Balaban J connectivity index is 1.44. The van der Waals surface area contributed by atoms with Crippen LogP contribution in [0.2, 0.25) is 5.02 Å². The first-order valence-electron chi connectivity index (χ1n) is 10.1. The molecule has 0 atom stereocenters. The maximum absolute atomic E-state index is 14.0. The Hall–Kier alpha value is -2.71. The van der Waals surface area contributed by atoms with E-state index in [4.69, 9.17) is 16.0 Å². The normalized spacial score (nSPS) is 15.4.